The summed E-state index contributed by atoms with van der Waals surface area (Å²) < 4.78 is 10.4. The van der Waals surface area contributed by atoms with Gasteiger partial charge in [-0.3, -0.25) is 0 Å². The van der Waals surface area contributed by atoms with Gasteiger partial charge in [0.1, 0.15) is 0 Å². The number of methoxy groups -OCH3 is 1. The molecule has 0 aliphatic heterocycles. The lowest BCUT2D eigenvalue weighted by molar-refractivity contribution is -0.120. The summed E-state index contributed by atoms with van der Waals surface area (Å²) in [6.07, 6.45) is 2.26. The molecule has 5 heteroatoms. The minimum atomic E-state index is -0.836. The van der Waals surface area contributed by atoms with Gasteiger partial charge in [0.2, 0.25) is 0 Å². The summed E-state index contributed by atoms with van der Waals surface area (Å²) in [6, 6.07) is 0. The van der Waals surface area contributed by atoms with Crippen LogP contribution in [0.3, 0.4) is 0 Å². The number of hydrogen-bond acceptors (Lipinski definition) is 3. The molecule has 80 valence electrons. The van der Waals surface area contributed by atoms with Crippen LogP contribution in [0.2, 0.25) is 0 Å². The summed E-state index contributed by atoms with van der Waals surface area (Å²) in [7, 11) is 0.793. The Balaban J connectivity index is 3.46. The second-order valence-electron chi connectivity index (χ2n) is 2.55. The Morgan fingerprint density at radius 1 is 1.46 bits per heavy atom. The molecule has 2 unspecified atom stereocenters. The van der Waals surface area contributed by atoms with Crippen LogP contribution >= 0.6 is 24.1 Å². The molecule has 3 nitrogen and oxygen atoms in total. The van der Waals surface area contributed by atoms with Crippen molar-refractivity contribution in [2.45, 2.75) is 19.6 Å². The maximum absolute atomic E-state index is 9.49. The zero-order valence-electron chi connectivity index (χ0n) is 8.20. The number of halogens is 1. The highest BCUT2D eigenvalue weighted by Crippen LogP contribution is 2.31. The van der Waals surface area contributed by atoms with Gasteiger partial charge in [-0.15, -0.1) is 0 Å². The normalized spacial score (nSPS) is 15.7. The predicted molar refractivity (Wildman–Crippen MR) is 59.7 cm³/mol. The van der Waals surface area contributed by atoms with E-state index in [2.05, 4.69) is 15.9 Å². The van der Waals surface area contributed by atoms with Gasteiger partial charge in [-0.05, 0) is 13.1 Å². The lowest BCUT2D eigenvalue weighted by Crippen LogP contribution is -2.16. The van der Waals surface area contributed by atoms with Gasteiger partial charge in [-0.25, -0.2) is 0 Å². The third-order valence-electron chi connectivity index (χ3n) is 1.58. The lowest BCUT2D eigenvalue weighted by atomic mass is 10.5. The zero-order valence-corrected chi connectivity index (χ0v) is 10.7. The van der Waals surface area contributed by atoms with E-state index < -0.39 is 8.15 Å². The molecule has 0 aromatic rings. The lowest BCUT2D eigenvalue weighted by Gasteiger charge is -2.16. The average molecular weight is 273 g/mol. The van der Waals surface area contributed by atoms with E-state index in [9.17, 15) is 4.89 Å². The van der Waals surface area contributed by atoms with E-state index in [1.54, 1.807) is 7.11 Å². The van der Waals surface area contributed by atoms with Crippen LogP contribution in [0.4, 0.5) is 0 Å². The molecule has 1 N–H and O–H groups in total. The number of ether oxygens (including phenoxy) is 2. The van der Waals surface area contributed by atoms with Crippen molar-refractivity contribution in [2.75, 3.05) is 31.4 Å². The monoisotopic (exact) mass is 272 g/mol. The molecule has 0 aromatic carbocycles. The van der Waals surface area contributed by atoms with Gasteiger partial charge >= 0.3 is 0 Å². The Morgan fingerprint density at radius 3 is 2.62 bits per heavy atom. The smallest absolute Gasteiger partial charge is 0.157 e. The van der Waals surface area contributed by atoms with E-state index in [4.69, 9.17) is 9.47 Å². The van der Waals surface area contributed by atoms with Crippen molar-refractivity contribution >= 4 is 24.1 Å². The summed E-state index contributed by atoms with van der Waals surface area (Å²) in [4.78, 5) is 9.49. The standard InChI is InChI=1S/C8H18BrO3P/c1-3-12-8(11-2)4-6-13(10)7-5-9/h8,10H,3-7H2,1-2H3. The average Bonchev–Trinajstić information content (AvgIpc) is 2.12. The maximum atomic E-state index is 9.49. The van der Waals surface area contributed by atoms with Gasteiger partial charge in [0.25, 0.3) is 0 Å². The number of hydrogen-bond donors (Lipinski definition) is 1. The Labute approximate surface area is 89.8 Å². The molecule has 0 aliphatic rings. The summed E-state index contributed by atoms with van der Waals surface area (Å²) >= 11 is 3.30. The molecule has 0 aromatic heterocycles. The molecule has 0 aliphatic carbocycles. The molecule has 0 saturated carbocycles. The maximum Gasteiger partial charge on any atom is 0.157 e. The van der Waals surface area contributed by atoms with Crippen molar-refractivity contribution in [1.29, 1.82) is 0 Å². The minimum Gasteiger partial charge on any atom is -0.374 e. The number of alkyl halides is 1. The first-order valence-electron chi connectivity index (χ1n) is 4.38. The second-order valence-corrected chi connectivity index (χ2v) is 5.25. The largest absolute Gasteiger partial charge is 0.374 e. The Kier molecular flexibility index (Phi) is 9.92. The van der Waals surface area contributed by atoms with Gasteiger partial charge in [0.05, 0.1) is 0 Å². The van der Waals surface area contributed by atoms with Crippen molar-refractivity contribution in [1.82, 2.24) is 0 Å². The highest BCUT2D eigenvalue weighted by molar-refractivity contribution is 9.09. The molecular formula is C8H18BrO3P. The van der Waals surface area contributed by atoms with E-state index in [-0.39, 0.29) is 6.29 Å². The molecule has 0 heterocycles. The zero-order chi connectivity index (χ0) is 10.1. The molecule has 0 saturated heterocycles. The molecule has 13 heavy (non-hydrogen) atoms. The summed E-state index contributed by atoms with van der Waals surface area (Å²) in [5.74, 6) is 0. The van der Waals surface area contributed by atoms with Crippen LogP contribution in [0.1, 0.15) is 13.3 Å². The molecule has 0 rings (SSSR count). The predicted octanol–water partition coefficient (Wildman–Crippen LogP) is 2.17. The van der Waals surface area contributed by atoms with Gasteiger partial charge in [-0.1, -0.05) is 15.9 Å². The second kappa shape index (κ2) is 9.35. The van der Waals surface area contributed by atoms with Crippen LogP contribution in [-0.4, -0.2) is 42.6 Å². The van der Waals surface area contributed by atoms with Gasteiger partial charge in [-0.2, -0.15) is 0 Å². The van der Waals surface area contributed by atoms with Gasteiger partial charge < -0.3 is 14.4 Å². The topological polar surface area (TPSA) is 38.7 Å². The highest BCUT2D eigenvalue weighted by Gasteiger charge is 2.10. The third-order valence-corrected chi connectivity index (χ3v) is 4.10. The van der Waals surface area contributed by atoms with Crippen molar-refractivity contribution in [3.8, 4) is 0 Å². The molecule has 0 fully saturated rings. The van der Waals surface area contributed by atoms with E-state index in [0.717, 1.165) is 24.1 Å². The van der Waals surface area contributed by atoms with Crippen LogP contribution in [0, 0.1) is 0 Å². The van der Waals surface area contributed by atoms with Crippen molar-refractivity contribution in [2.24, 2.45) is 0 Å². The van der Waals surface area contributed by atoms with E-state index in [0.29, 0.717) is 6.61 Å². The molecule has 0 radical (unpaired) electrons. The summed E-state index contributed by atoms with van der Waals surface area (Å²) in [6.45, 7) is 2.59. The fraction of sp³-hybridized carbons (Fsp3) is 1.00. The van der Waals surface area contributed by atoms with Crippen molar-refractivity contribution < 1.29 is 14.4 Å². The first kappa shape index (κ1) is 13.8. The van der Waals surface area contributed by atoms with Gasteiger partial charge in [0, 0.05) is 39.8 Å². The van der Waals surface area contributed by atoms with Gasteiger partial charge in [0.15, 0.2) is 6.29 Å². The Bertz CT molecular complexity index is 116. The van der Waals surface area contributed by atoms with Crippen molar-refractivity contribution in [3.63, 3.8) is 0 Å². The van der Waals surface area contributed by atoms with E-state index in [1.165, 1.54) is 0 Å². The van der Waals surface area contributed by atoms with Crippen LogP contribution in [-0.2, 0) is 9.47 Å². The molecule has 2 atom stereocenters. The Morgan fingerprint density at radius 2 is 2.15 bits per heavy atom. The molecular weight excluding hydrogens is 255 g/mol. The fourth-order valence-electron chi connectivity index (χ4n) is 0.919. The SMILES string of the molecule is CCOC(CCP(O)CCBr)OC. The summed E-state index contributed by atoms with van der Waals surface area (Å²) in [5, 5.41) is 0.863. The van der Waals surface area contributed by atoms with Crippen molar-refractivity contribution in [3.05, 3.63) is 0 Å². The molecule has 0 bridgehead atoms. The van der Waals surface area contributed by atoms with E-state index >= 15 is 0 Å². The fourth-order valence-corrected chi connectivity index (χ4v) is 3.07. The number of rotatable bonds is 8. The third kappa shape index (κ3) is 7.83. The summed E-state index contributed by atoms with van der Waals surface area (Å²) in [5.41, 5.74) is 0. The minimum absolute atomic E-state index is 0.155. The highest BCUT2D eigenvalue weighted by atomic mass is 79.9. The van der Waals surface area contributed by atoms with Crippen LogP contribution < -0.4 is 0 Å². The Hall–Kier alpha value is 0.790. The molecule has 0 amide bonds. The van der Waals surface area contributed by atoms with Crippen LogP contribution in [0.25, 0.3) is 0 Å². The van der Waals surface area contributed by atoms with Crippen LogP contribution in [0.5, 0.6) is 0 Å². The molecule has 0 spiro atoms. The quantitative estimate of drug-likeness (QED) is 0.418. The first-order valence-corrected chi connectivity index (χ1v) is 7.17. The first-order chi connectivity index (χ1) is 6.24. The van der Waals surface area contributed by atoms with Crippen LogP contribution in [0.15, 0.2) is 0 Å². The van der Waals surface area contributed by atoms with E-state index in [1.807, 2.05) is 6.92 Å².